The van der Waals surface area contributed by atoms with Crippen LogP contribution in [0.2, 0.25) is 10.0 Å². The molecule has 0 radical (unpaired) electrons. The number of amides is 1. The number of carbonyl (C=O) groups excluding carboxylic acids is 1. The van der Waals surface area contributed by atoms with E-state index in [2.05, 4.69) is 15.5 Å². The summed E-state index contributed by atoms with van der Waals surface area (Å²) in [4.78, 5) is 12.2. The van der Waals surface area contributed by atoms with Crippen molar-refractivity contribution in [3.8, 4) is 5.75 Å². The van der Waals surface area contributed by atoms with E-state index in [0.717, 1.165) is 24.4 Å². The average Bonchev–Trinajstić information content (AvgIpc) is 3.24. The molecule has 0 unspecified atom stereocenters. The van der Waals surface area contributed by atoms with Crippen molar-refractivity contribution < 1.29 is 9.53 Å². The molecule has 0 fully saturated rings. The molecule has 1 amide bonds. The van der Waals surface area contributed by atoms with E-state index in [-0.39, 0.29) is 12.6 Å². The van der Waals surface area contributed by atoms with Crippen LogP contribution in [0.5, 0.6) is 5.75 Å². The first-order valence-corrected chi connectivity index (χ1v) is 9.58. The molecule has 3 rings (SSSR count). The van der Waals surface area contributed by atoms with E-state index >= 15 is 0 Å². The Morgan fingerprint density at radius 2 is 2.00 bits per heavy atom. The van der Waals surface area contributed by atoms with E-state index in [9.17, 15) is 4.79 Å². The average molecular weight is 422 g/mol. The summed E-state index contributed by atoms with van der Waals surface area (Å²) in [5.74, 6) is 0.272. The van der Waals surface area contributed by atoms with Crippen LogP contribution in [0.25, 0.3) is 0 Å². The fourth-order valence-electron chi connectivity index (χ4n) is 2.71. The van der Waals surface area contributed by atoms with Gasteiger partial charge in [0.25, 0.3) is 5.91 Å². The van der Waals surface area contributed by atoms with Gasteiger partial charge in [0.15, 0.2) is 6.73 Å². The molecule has 0 saturated heterocycles. The van der Waals surface area contributed by atoms with Crippen molar-refractivity contribution in [1.82, 2.24) is 24.9 Å². The number of ether oxygens (including phenoxy) is 1. The SMILES string of the molecule is Cc1cc(C)n(CCCNC(=O)c2ccn(COc3ccc(Cl)cc3Cl)n2)n1. The van der Waals surface area contributed by atoms with Gasteiger partial charge in [-0.1, -0.05) is 23.2 Å². The highest BCUT2D eigenvalue weighted by molar-refractivity contribution is 6.35. The maximum atomic E-state index is 12.2. The first-order chi connectivity index (χ1) is 13.4. The van der Waals surface area contributed by atoms with Gasteiger partial charge in [0.2, 0.25) is 0 Å². The van der Waals surface area contributed by atoms with Crippen molar-refractivity contribution in [2.24, 2.45) is 0 Å². The summed E-state index contributed by atoms with van der Waals surface area (Å²) in [5.41, 5.74) is 2.44. The van der Waals surface area contributed by atoms with Crippen molar-refractivity contribution >= 4 is 29.1 Å². The third kappa shape index (κ3) is 5.27. The molecule has 0 bridgehead atoms. The predicted molar refractivity (Wildman–Crippen MR) is 108 cm³/mol. The highest BCUT2D eigenvalue weighted by Crippen LogP contribution is 2.27. The van der Waals surface area contributed by atoms with Gasteiger partial charge < -0.3 is 10.1 Å². The first kappa shape index (κ1) is 20.2. The summed E-state index contributed by atoms with van der Waals surface area (Å²) in [7, 11) is 0. The Morgan fingerprint density at radius 3 is 2.71 bits per heavy atom. The van der Waals surface area contributed by atoms with E-state index in [4.69, 9.17) is 27.9 Å². The van der Waals surface area contributed by atoms with Crippen molar-refractivity contribution in [2.75, 3.05) is 6.54 Å². The number of hydrogen-bond acceptors (Lipinski definition) is 4. The Morgan fingerprint density at radius 1 is 1.18 bits per heavy atom. The highest BCUT2D eigenvalue weighted by Gasteiger charge is 2.10. The van der Waals surface area contributed by atoms with Gasteiger partial charge in [-0.15, -0.1) is 0 Å². The summed E-state index contributed by atoms with van der Waals surface area (Å²) in [5, 5.41) is 12.4. The van der Waals surface area contributed by atoms with E-state index < -0.39 is 0 Å². The highest BCUT2D eigenvalue weighted by atomic mass is 35.5. The van der Waals surface area contributed by atoms with Gasteiger partial charge in [0, 0.05) is 30.0 Å². The Bertz CT molecular complexity index is 967. The van der Waals surface area contributed by atoms with E-state index in [1.807, 2.05) is 24.6 Å². The molecule has 2 heterocycles. The zero-order chi connectivity index (χ0) is 20.1. The molecular formula is C19H21Cl2N5O2. The van der Waals surface area contributed by atoms with Gasteiger partial charge in [-0.25, -0.2) is 4.68 Å². The van der Waals surface area contributed by atoms with Crippen LogP contribution in [0.3, 0.4) is 0 Å². The van der Waals surface area contributed by atoms with Crippen LogP contribution in [0, 0.1) is 13.8 Å². The van der Waals surface area contributed by atoms with Crippen molar-refractivity contribution in [3.05, 3.63) is 63.7 Å². The van der Waals surface area contributed by atoms with E-state index in [0.29, 0.717) is 28.0 Å². The molecule has 2 aromatic heterocycles. The van der Waals surface area contributed by atoms with E-state index in [1.165, 1.54) is 4.68 Å². The molecule has 28 heavy (non-hydrogen) atoms. The first-order valence-electron chi connectivity index (χ1n) is 8.83. The van der Waals surface area contributed by atoms with Crippen LogP contribution in [0.4, 0.5) is 0 Å². The van der Waals surface area contributed by atoms with Crippen molar-refractivity contribution in [3.63, 3.8) is 0 Å². The second-order valence-corrected chi connectivity index (χ2v) is 7.19. The number of nitrogens with one attached hydrogen (secondary N) is 1. The second kappa shape index (κ2) is 9.12. The van der Waals surface area contributed by atoms with Crippen molar-refractivity contribution in [2.45, 2.75) is 33.5 Å². The van der Waals surface area contributed by atoms with Crippen LogP contribution in [-0.2, 0) is 13.3 Å². The fraction of sp³-hybridized carbons (Fsp3) is 0.316. The number of benzene rings is 1. The van der Waals surface area contributed by atoms with Gasteiger partial charge >= 0.3 is 0 Å². The molecule has 0 atom stereocenters. The van der Waals surface area contributed by atoms with Gasteiger partial charge in [-0.05, 0) is 50.6 Å². The zero-order valence-electron chi connectivity index (χ0n) is 15.7. The zero-order valence-corrected chi connectivity index (χ0v) is 17.2. The minimum Gasteiger partial charge on any atom is -0.470 e. The molecule has 0 saturated carbocycles. The number of nitrogens with zero attached hydrogens (tertiary/aromatic N) is 4. The van der Waals surface area contributed by atoms with Gasteiger partial charge in [-0.2, -0.15) is 10.2 Å². The number of rotatable bonds is 8. The standard InChI is InChI=1S/C19H21Cl2N5O2/c1-13-10-14(2)26(23-13)8-3-7-22-19(27)17-6-9-25(24-17)12-28-18-5-4-15(20)11-16(18)21/h4-6,9-11H,3,7-8,12H2,1-2H3,(H,22,27). The smallest absolute Gasteiger partial charge is 0.271 e. The Balaban J connectivity index is 1.45. The quantitative estimate of drug-likeness (QED) is 0.560. The Labute approximate surface area is 173 Å². The fourth-order valence-corrected chi connectivity index (χ4v) is 3.17. The monoisotopic (exact) mass is 421 g/mol. The number of aromatic nitrogens is 4. The lowest BCUT2D eigenvalue weighted by atomic mass is 10.3. The molecule has 9 heteroatoms. The Kier molecular flexibility index (Phi) is 6.59. The lowest BCUT2D eigenvalue weighted by molar-refractivity contribution is 0.0945. The molecule has 0 spiro atoms. The van der Waals surface area contributed by atoms with Gasteiger partial charge in [0.05, 0.1) is 10.7 Å². The summed E-state index contributed by atoms with van der Waals surface area (Å²) in [6.07, 6.45) is 2.46. The number of aryl methyl sites for hydroxylation is 3. The summed E-state index contributed by atoms with van der Waals surface area (Å²) in [6.45, 7) is 5.41. The molecule has 1 N–H and O–H groups in total. The normalized spacial score (nSPS) is 10.9. The number of hydrogen-bond donors (Lipinski definition) is 1. The minimum absolute atomic E-state index is 0.132. The molecule has 7 nitrogen and oxygen atoms in total. The molecule has 1 aromatic carbocycles. The molecule has 0 aliphatic heterocycles. The van der Waals surface area contributed by atoms with Crippen LogP contribution >= 0.6 is 23.2 Å². The largest absolute Gasteiger partial charge is 0.470 e. The second-order valence-electron chi connectivity index (χ2n) is 6.35. The molecule has 148 valence electrons. The third-order valence-electron chi connectivity index (χ3n) is 4.06. The third-order valence-corrected chi connectivity index (χ3v) is 4.59. The predicted octanol–water partition coefficient (Wildman–Crippen LogP) is 3.86. The van der Waals surface area contributed by atoms with Crippen LogP contribution in [0.1, 0.15) is 28.3 Å². The molecule has 3 aromatic rings. The summed E-state index contributed by atoms with van der Waals surface area (Å²) >= 11 is 11.9. The Hall–Kier alpha value is -2.51. The minimum atomic E-state index is -0.225. The summed E-state index contributed by atoms with van der Waals surface area (Å²) < 4.78 is 9.06. The molecular weight excluding hydrogens is 401 g/mol. The number of halogens is 2. The maximum Gasteiger partial charge on any atom is 0.271 e. The number of carbonyl (C=O) groups is 1. The van der Waals surface area contributed by atoms with Crippen LogP contribution in [0.15, 0.2) is 36.5 Å². The maximum absolute atomic E-state index is 12.2. The lowest BCUT2D eigenvalue weighted by Gasteiger charge is -2.08. The van der Waals surface area contributed by atoms with Gasteiger partial charge in [0.1, 0.15) is 11.4 Å². The van der Waals surface area contributed by atoms with Gasteiger partial charge in [-0.3, -0.25) is 9.48 Å². The summed E-state index contributed by atoms with van der Waals surface area (Å²) in [6, 6.07) is 8.65. The van der Waals surface area contributed by atoms with E-state index in [1.54, 1.807) is 30.5 Å². The molecule has 0 aliphatic rings. The topological polar surface area (TPSA) is 74.0 Å². The lowest BCUT2D eigenvalue weighted by Crippen LogP contribution is -2.26. The van der Waals surface area contributed by atoms with Crippen molar-refractivity contribution in [1.29, 1.82) is 0 Å². The van der Waals surface area contributed by atoms with Crippen LogP contribution < -0.4 is 10.1 Å². The van der Waals surface area contributed by atoms with Crippen LogP contribution in [-0.4, -0.2) is 32.0 Å². The molecule has 0 aliphatic carbocycles.